The first-order valence-electron chi connectivity index (χ1n) is 9.67. The van der Waals surface area contributed by atoms with Crippen molar-refractivity contribution in [2.45, 2.75) is 19.3 Å². The van der Waals surface area contributed by atoms with E-state index in [1.54, 1.807) is 25.5 Å². The standard InChI is InChI=1S/C21H23BrN6O/c1-27-11-5-6-18(20(27)29)25-19-17(22)14-23-21(26-19)24-15-7-9-16(10-8-15)28-12-3-2-4-13-28/h5-11,14H,2-4,12-13H2,1H3,(H2,23,24,25,26). The van der Waals surface area contributed by atoms with Crippen LogP contribution in [-0.2, 0) is 7.05 Å². The van der Waals surface area contributed by atoms with Crippen molar-refractivity contribution in [1.82, 2.24) is 14.5 Å². The number of rotatable bonds is 5. The van der Waals surface area contributed by atoms with Crippen LogP contribution in [0.15, 0.2) is 58.1 Å². The topological polar surface area (TPSA) is 75.1 Å². The lowest BCUT2D eigenvalue weighted by atomic mass is 10.1. The van der Waals surface area contributed by atoms with Crippen LogP contribution < -0.4 is 21.1 Å². The molecule has 4 rings (SSSR count). The van der Waals surface area contributed by atoms with Gasteiger partial charge >= 0.3 is 0 Å². The van der Waals surface area contributed by atoms with E-state index in [1.807, 2.05) is 18.2 Å². The monoisotopic (exact) mass is 454 g/mol. The zero-order valence-electron chi connectivity index (χ0n) is 16.2. The summed E-state index contributed by atoms with van der Waals surface area (Å²) in [5.41, 5.74) is 2.48. The zero-order valence-corrected chi connectivity index (χ0v) is 17.8. The maximum Gasteiger partial charge on any atom is 0.274 e. The summed E-state index contributed by atoms with van der Waals surface area (Å²) in [7, 11) is 1.71. The number of aryl methyl sites for hydroxylation is 1. The van der Waals surface area contributed by atoms with Gasteiger partial charge in [0, 0.05) is 43.9 Å². The smallest absolute Gasteiger partial charge is 0.274 e. The second-order valence-electron chi connectivity index (χ2n) is 7.07. The molecule has 1 aliphatic heterocycles. The van der Waals surface area contributed by atoms with Gasteiger partial charge in [0.25, 0.3) is 5.56 Å². The molecule has 0 amide bonds. The van der Waals surface area contributed by atoms with E-state index in [1.165, 1.54) is 29.5 Å². The Morgan fingerprint density at radius 3 is 2.55 bits per heavy atom. The van der Waals surface area contributed by atoms with Gasteiger partial charge in [-0.3, -0.25) is 4.79 Å². The van der Waals surface area contributed by atoms with Crippen molar-refractivity contribution < 1.29 is 0 Å². The Kier molecular flexibility index (Phi) is 5.80. The fraction of sp³-hybridized carbons (Fsp3) is 0.286. The molecule has 0 atom stereocenters. The first-order valence-corrected chi connectivity index (χ1v) is 10.5. The summed E-state index contributed by atoms with van der Waals surface area (Å²) in [6.45, 7) is 2.24. The first-order chi connectivity index (χ1) is 14.1. The number of halogens is 1. The zero-order chi connectivity index (χ0) is 20.2. The molecule has 29 heavy (non-hydrogen) atoms. The number of piperidine rings is 1. The molecule has 1 saturated heterocycles. The maximum absolute atomic E-state index is 12.2. The summed E-state index contributed by atoms with van der Waals surface area (Å²) >= 11 is 3.44. The molecule has 0 unspecified atom stereocenters. The van der Waals surface area contributed by atoms with Gasteiger partial charge in [0.05, 0.1) is 4.47 Å². The first kappa shape index (κ1) is 19.4. The maximum atomic E-state index is 12.2. The highest BCUT2D eigenvalue weighted by Gasteiger charge is 2.11. The Labute approximate surface area is 177 Å². The highest BCUT2D eigenvalue weighted by atomic mass is 79.9. The molecule has 0 spiro atoms. The molecule has 2 aromatic heterocycles. The van der Waals surface area contributed by atoms with Crippen LogP contribution in [0.5, 0.6) is 0 Å². The molecule has 2 N–H and O–H groups in total. The second kappa shape index (κ2) is 8.65. The number of hydrogen-bond donors (Lipinski definition) is 2. The van der Waals surface area contributed by atoms with Crippen molar-refractivity contribution in [3.63, 3.8) is 0 Å². The quantitative estimate of drug-likeness (QED) is 0.594. The van der Waals surface area contributed by atoms with Gasteiger partial charge in [0.1, 0.15) is 5.69 Å². The summed E-state index contributed by atoms with van der Waals surface area (Å²) < 4.78 is 2.19. The van der Waals surface area contributed by atoms with Crippen molar-refractivity contribution in [2.24, 2.45) is 7.05 Å². The lowest BCUT2D eigenvalue weighted by Crippen LogP contribution is -2.29. The van der Waals surface area contributed by atoms with Crippen LogP contribution in [0.1, 0.15) is 19.3 Å². The molecule has 7 nitrogen and oxygen atoms in total. The van der Waals surface area contributed by atoms with Gasteiger partial charge in [-0.15, -0.1) is 0 Å². The van der Waals surface area contributed by atoms with E-state index in [0.717, 1.165) is 18.8 Å². The third-order valence-corrected chi connectivity index (χ3v) is 5.55. The molecule has 0 aliphatic carbocycles. The highest BCUT2D eigenvalue weighted by molar-refractivity contribution is 9.10. The molecular formula is C21H23BrN6O. The predicted octanol–water partition coefficient (Wildman–Crippen LogP) is 4.42. The van der Waals surface area contributed by atoms with Gasteiger partial charge in [-0.1, -0.05) is 0 Å². The summed E-state index contributed by atoms with van der Waals surface area (Å²) in [6, 6.07) is 11.9. The van der Waals surface area contributed by atoms with Crippen LogP contribution >= 0.6 is 15.9 Å². The molecule has 0 bridgehead atoms. The molecule has 150 valence electrons. The Hall–Kier alpha value is -2.87. The van der Waals surface area contributed by atoms with E-state index < -0.39 is 0 Å². The fourth-order valence-electron chi connectivity index (χ4n) is 3.37. The highest BCUT2D eigenvalue weighted by Crippen LogP contribution is 2.26. The van der Waals surface area contributed by atoms with Crippen LogP contribution in [0, 0.1) is 0 Å². The lowest BCUT2D eigenvalue weighted by Gasteiger charge is -2.28. The number of benzene rings is 1. The van der Waals surface area contributed by atoms with Crippen LogP contribution in [0.25, 0.3) is 0 Å². The molecule has 8 heteroatoms. The van der Waals surface area contributed by atoms with E-state index in [9.17, 15) is 4.79 Å². The molecule has 1 aliphatic rings. The molecule has 3 heterocycles. The summed E-state index contributed by atoms with van der Waals surface area (Å²) in [6.07, 6.45) is 7.21. The van der Waals surface area contributed by atoms with E-state index in [-0.39, 0.29) is 5.56 Å². The molecule has 1 fully saturated rings. The fourth-order valence-corrected chi connectivity index (χ4v) is 3.66. The Balaban J connectivity index is 1.50. The number of hydrogen-bond acceptors (Lipinski definition) is 6. The second-order valence-corrected chi connectivity index (χ2v) is 7.93. The SMILES string of the molecule is Cn1cccc(Nc2nc(Nc3ccc(N4CCCCC4)cc3)ncc2Br)c1=O. The number of nitrogens with one attached hydrogen (secondary N) is 2. The van der Waals surface area contributed by atoms with E-state index in [4.69, 9.17) is 0 Å². The van der Waals surface area contributed by atoms with E-state index >= 15 is 0 Å². The molecule has 0 saturated carbocycles. The minimum Gasteiger partial charge on any atom is -0.372 e. The van der Waals surface area contributed by atoms with Gasteiger partial charge in [-0.05, 0) is 71.6 Å². The molecule has 3 aromatic rings. The van der Waals surface area contributed by atoms with Gasteiger partial charge < -0.3 is 20.1 Å². The third-order valence-electron chi connectivity index (χ3n) is 4.97. The summed E-state index contributed by atoms with van der Waals surface area (Å²) in [5.74, 6) is 0.977. The van der Waals surface area contributed by atoms with Crippen molar-refractivity contribution in [3.8, 4) is 0 Å². The van der Waals surface area contributed by atoms with Crippen molar-refractivity contribution in [2.75, 3.05) is 28.6 Å². The average molecular weight is 455 g/mol. The number of anilines is 5. The van der Waals surface area contributed by atoms with Crippen molar-refractivity contribution in [3.05, 3.63) is 63.6 Å². The average Bonchev–Trinajstić information content (AvgIpc) is 2.75. The number of aromatic nitrogens is 3. The number of pyridine rings is 1. The number of nitrogens with zero attached hydrogens (tertiary/aromatic N) is 4. The Bertz CT molecular complexity index is 1040. The van der Waals surface area contributed by atoms with E-state index in [0.29, 0.717) is 21.9 Å². The van der Waals surface area contributed by atoms with Crippen LogP contribution in [0.3, 0.4) is 0 Å². The van der Waals surface area contributed by atoms with Gasteiger partial charge in [0.2, 0.25) is 5.95 Å². The largest absolute Gasteiger partial charge is 0.372 e. The summed E-state index contributed by atoms with van der Waals surface area (Å²) in [5, 5.41) is 6.31. The molecular weight excluding hydrogens is 432 g/mol. The van der Waals surface area contributed by atoms with Crippen molar-refractivity contribution >= 4 is 44.8 Å². The minimum absolute atomic E-state index is 0.124. The lowest BCUT2D eigenvalue weighted by molar-refractivity contribution is 0.578. The van der Waals surface area contributed by atoms with Gasteiger partial charge in [0.15, 0.2) is 5.82 Å². The molecule has 1 aromatic carbocycles. The molecule has 0 radical (unpaired) electrons. The normalized spacial score (nSPS) is 13.9. The van der Waals surface area contributed by atoms with Crippen LogP contribution in [0.4, 0.5) is 28.8 Å². The third kappa shape index (κ3) is 4.59. The summed E-state index contributed by atoms with van der Waals surface area (Å²) in [4.78, 5) is 23.5. The Morgan fingerprint density at radius 1 is 1.03 bits per heavy atom. The van der Waals surface area contributed by atoms with Gasteiger partial charge in [-0.2, -0.15) is 4.98 Å². The predicted molar refractivity (Wildman–Crippen MR) is 120 cm³/mol. The Morgan fingerprint density at radius 2 is 1.79 bits per heavy atom. The van der Waals surface area contributed by atoms with Crippen LogP contribution in [-0.4, -0.2) is 27.6 Å². The van der Waals surface area contributed by atoms with Crippen molar-refractivity contribution in [1.29, 1.82) is 0 Å². The van der Waals surface area contributed by atoms with Crippen LogP contribution in [0.2, 0.25) is 0 Å². The van der Waals surface area contributed by atoms with Gasteiger partial charge in [-0.25, -0.2) is 4.98 Å². The van der Waals surface area contributed by atoms with E-state index in [2.05, 4.69) is 53.6 Å². The minimum atomic E-state index is -0.124.